The number of hydrogen-bond donors (Lipinski definition) is 0. The van der Waals surface area contributed by atoms with Crippen molar-refractivity contribution in [3.8, 4) is 0 Å². The second kappa shape index (κ2) is 7.91. The average molecular weight is 376 g/mol. The Balaban J connectivity index is 1.51. The summed E-state index contributed by atoms with van der Waals surface area (Å²) in [6.07, 6.45) is 0.643. The van der Waals surface area contributed by atoms with Crippen LogP contribution in [-0.4, -0.2) is 52.9 Å². The highest BCUT2D eigenvalue weighted by Crippen LogP contribution is 2.15. The molecule has 1 aliphatic rings. The van der Waals surface area contributed by atoms with Crippen LogP contribution in [0.1, 0.15) is 22.6 Å². The van der Waals surface area contributed by atoms with Gasteiger partial charge in [0.15, 0.2) is 0 Å². The molecular formula is C19H22ClN3O3. The Bertz CT molecular complexity index is 773. The Kier molecular flexibility index (Phi) is 5.61. The normalized spacial score (nSPS) is 14.6. The number of nitrogens with zero attached hydrogens (tertiary/aromatic N) is 3. The van der Waals surface area contributed by atoms with Gasteiger partial charge in [0.2, 0.25) is 11.8 Å². The topological polar surface area (TPSA) is 66.7 Å². The zero-order valence-corrected chi connectivity index (χ0v) is 15.8. The van der Waals surface area contributed by atoms with E-state index in [9.17, 15) is 9.59 Å². The summed E-state index contributed by atoms with van der Waals surface area (Å²) in [5, 5.41) is 4.55. The summed E-state index contributed by atoms with van der Waals surface area (Å²) in [5.41, 5.74) is 2.56. The standard InChI is InChI=1S/C19H22ClN3O3/c1-13-17(14(2)26-21-13)12-19(25)23-9-7-22(8-10-23)18(24)11-15-3-5-16(20)6-4-15/h3-6H,7-12H2,1-2H3. The van der Waals surface area contributed by atoms with Gasteiger partial charge in [-0.25, -0.2) is 0 Å². The lowest BCUT2D eigenvalue weighted by Crippen LogP contribution is -2.51. The van der Waals surface area contributed by atoms with Gasteiger partial charge in [-0.15, -0.1) is 0 Å². The molecule has 0 unspecified atom stereocenters. The minimum atomic E-state index is 0.0456. The van der Waals surface area contributed by atoms with E-state index in [1.165, 1.54) is 0 Å². The van der Waals surface area contributed by atoms with E-state index in [1.807, 2.05) is 30.9 Å². The van der Waals surface area contributed by atoms with Crippen molar-refractivity contribution < 1.29 is 14.1 Å². The van der Waals surface area contributed by atoms with Gasteiger partial charge >= 0.3 is 0 Å². The van der Waals surface area contributed by atoms with Crippen molar-refractivity contribution >= 4 is 23.4 Å². The van der Waals surface area contributed by atoms with E-state index in [4.69, 9.17) is 16.1 Å². The van der Waals surface area contributed by atoms with Crippen molar-refractivity contribution in [3.63, 3.8) is 0 Å². The van der Waals surface area contributed by atoms with E-state index < -0.39 is 0 Å². The first-order valence-corrected chi connectivity index (χ1v) is 9.03. The van der Waals surface area contributed by atoms with Crippen LogP contribution >= 0.6 is 11.6 Å². The molecule has 0 saturated carbocycles. The highest BCUT2D eigenvalue weighted by Gasteiger charge is 2.25. The molecule has 2 heterocycles. The van der Waals surface area contributed by atoms with Crippen molar-refractivity contribution in [2.45, 2.75) is 26.7 Å². The van der Waals surface area contributed by atoms with E-state index in [0.717, 1.165) is 16.8 Å². The number of carbonyl (C=O) groups excluding carboxylic acids is 2. The van der Waals surface area contributed by atoms with Gasteiger partial charge in [0, 0.05) is 36.8 Å². The van der Waals surface area contributed by atoms with Crippen molar-refractivity contribution in [2.24, 2.45) is 0 Å². The molecule has 3 rings (SSSR count). The molecule has 0 atom stereocenters. The third-order valence-electron chi connectivity index (χ3n) is 4.76. The largest absolute Gasteiger partial charge is 0.361 e. The number of aryl methyl sites for hydroxylation is 2. The highest BCUT2D eigenvalue weighted by molar-refractivity contribution is 6.30. The van der Waals surface area contributed by atoms with Gasteiger partial charge in [-0.3, -0.25) is 9.59 Å². The summed E-state index contributed by atoms with van der Waals surface area (Å²) in [7, 11) is 0. The first kappa shape index (κ1) is 18.5. The van der Waals surface area contributed by atoms with Crippen molar-refractivity contribution in [3.05, 3.63) is 51.9 Å². The third-order valence-corrected chi connectivity index (χ3v) is 5.01. The van der Waals surface area contributed by atoms with Gasteiger partial charge in [-0.1, -0.05) is 28.9 Å². The molecule has 26 heavy (non-hydrogen) atoms. The van der Waals surface area contributed by atoms with Crippen LogP contribution in [0.2, 0.25) is 5.02 Å². The van der Waals surface area contributed by atoms with Gasteiger partial charge < -0.3 is 14.3 Å². The second-order valence-corrected chi connectivity index (χ2v) is 6.98. The molecule has 1 aliphatic heterocycles. The van der Waals surface area contributed by atoms with E-state index in [0.29, 0.717) is 49.8 Å². The van der Waals surface area contributed by atoms with Crippen molar-refractivity contribution in [1.29, 1.82) is 0 Å². The molecule has 1 aromatic carbocycles. The van der Waals surface area contributed by atoms with Crippen LogP contribution in [0.5, 0.6) is 0 Å². The molecule has 2 aromatic rings. The number of amides is 2. The lowest BCUT2D eigenvalue weighted by Gasteiger charge is -2.35. The van der Waals surface area contributed by atoms with Crippen LogP contribution in [0.15, 0.2) is 28.8 Å². The second-order valence-electron chi connectivity index (χ2n) is 6.54. The van der Waals surface area contributed by atoms with E-state index >= 15 is 0 Å². The number of halogens is 1. The molecule has 6 nitrogen and oxygen atoms in total. The van der Waals surface area contributed by atoms with E-state index in [-0.39, 0.29) is 11.8 Å². The van der Waals surface area contributed by atoms with Crippen LogP contribution in [0.3, 0.4) is 0 Å². The summed E-state index contributed by atoms with van der Waals surface area (Å²) in [6.45, 7) is 5.87. The summed E-state index contributed by atoms with van der Waals surface area (Å²) in [5.74, 6) is 0.807. The predicted molar refractivity (Wildman–Crippen MR) is 98.0 cm³/mol. The molecule has 0 radical (unpaired) electrons. The summed E-state index contributed by atoms with van der Waals surface area (Å²) in [6, 6.07) is 7.30. The first-order valence-electron chi connectivity index (χ1n) is 8.66. The molecule has 1 saturated heterocycles. The fraction of sp³-hybridized carbons (Fsp3) is 0.421. The van der Waals surface area contributed by atoms with Crippen LogP contribution in [0.25, 0.3) is 0 Å². The third kappa shape index (κ3) is 4.25. The van der Waals surface area contributed by atoms with Gasteiger partial charge in [-0.05, 0) is 31.5 Å². The maximum Gasteiger partial charge on any atom is 0.227 e. The molecule has 0 aliphatic carbocycles. The van der Waals surface area contributed by atoms with Gasteiger partial charge in [-0.2, -0.15) is 0 Å². The van der Waals surface area contributed by atoms with Gasteiger partial charge in [0.25, 0.3) is 0 Å². The van der Waals surface area contributed by atoms with E-state index in [2.05, 4.69) is 5.16 Å². The Morgan fingerprint density at radius 2 is 1.54 bits per heavy atom. The smallest absolute Gasteiger partial charge is 0.227 e. The number of rotatable bonds is 4. The highest BCUT2D eigenvalue weighted by atomic mass is 35.5. The first-order chi connectivity index (χ1) is 12.4. The Labute approximate surface area is 157 Å². The van der Waals surface area contributed by atoms with Crippen LogP contribution < -0.4 is 0 Å². The van der Waals surface area contributed by atoms with Crippen LogP contribution in [-0.2, 0) is 22.4 Å². The monoisotopic (exact) mass is 375 g/mol. The van der Waals surface area contributed by atoms with E-state index in [1.54, 1.807) is 17.0 Å². The maximum atomic E-state index is 12.5. The van der Waals surface area contributed by atoms with Crippen molar-refractivity contribution in [2.75, 3.05) is 26.2 Å². The van der Waals surface area contributed by atoms with Gasteiger partial charge in [0.1, 0.15) is 5.76 Å². The lowest BCUT2D eigenvalue weighted by atomic mass is 10.1. The van der Waals surface area contributed by atoms with Crippen molar-refractivity contribution in [1.82, 2.24) is 15.0 Å². The zero-order chi connectivity index (χ0) is 18.7. The lowest BCUT2D eigenvalue weighted by molar-refractivity contribution is -0.138. The molecule has 138 valence electrons. The number of aromatic nitrogens is 1. The Morgan fingerprint density at radius 1 is 1.00 bits per heavy atom. The summed E-state index contributed by atoms with van der Waals surface area (Å²) in [4.78, 5) is 28.6. The minimum absolute atomic E-state index is 0.0456. The fourth-order valence-corrected chi connectivity index (χ4v) is 3.24. The predicted octanol–water partition coefficient (Wildman–Crippen LogP) is 2.40. The summed E-state index contributed by atoms with van der Waals surface area (Å²) < 4.78 is 5.11. The average Bonchev–Trinajstić information content (AvgIpc) is 2.95. The molecule has 1 aromatic heterocycles. The Morgan fingerprint density at radius 3 is 2.04 bits per heavy atom. The quantitative estimate of drug-likeness (QED) is 0.823. The molecule has 0 bridgehead atoms. The SMILES string of the molecule is Cc1noc(C)c1CC(=O)N1CCN(C(=O)Cc2ccc(Cl)cc2)CC1. The Hall–Kier alpha value is -2.34. The number of benzene rings is 1. The number of carbonyl (C=O) groups is 2. The fourth-order valence-electron chi connectivity index (χ4n) is 3.11. The molecule has 0 spiro atoms. The molecular weight excluding hydrogens is 354 g/mol. The number of piperazine rings is 1. The molecule has 0 N–H and O–H groups in total. The van der Waals surface area contributed by atoms with Crippen LogP contribution in [0, 0.1) is 13.8 Å². The molecule has 2 amide bonds. The zero-order valence-electron chi connectivity index (χ0n) is 15.0. The maximum absolute atomic E-state index is 12.5. The number of hydrogen-bond acceptors (Lipinski definition) is 4. The van der Waals surface area contributed by atoms with Gasteiger partial charge in [0.05, 0.1) is 18.5 Å². The molecule has 7 heteroatoms. The van der Waals surface area contributed by atoms with Crippen LogP contribution in [0.4, 0.5) is 0 Å². The minimum Gasteiger partial charge on any atom is -0.361 e. The molecule has 1 fully saturated rings. The summed E-state index contributed by atoms with van der Waals surface area (Å²) >= 11 is 5.87.